The van der Waals surface area contributed by atoms with Gasteiger partial charge in [0.1, 0.15) is 12.3 Å². The summed E-state index contributed by atoms with van der Waals surface area (Å²) in [5, 5.41) is 10.9. The lowest BCUT2D eigenvalue weighted by atomic mass is 10.1. The van der Waals surface area contributed by atoms with Crippen LogP contribution in [0.25, 0.3) is 18.4 Å². The number of carbonyl (C=O) groups is 1. The van der Waals surface area contributed by atoms with Crippen LogP contribution >= 0.6 is 0 Å². The molecule has 8 heteroatoms. The molecule has 142 valence electrons. The zero-order valence-corrected chi connectivity index (χ0v) is 15.5. The zero-order chi connectivity index (χ0) is 20.0. The van der Waals surface area contributed by atoms with E-state index in [1.807, 2.05) is 25.9 Å². The number of likely N-dealkylation sites (N-methyl/N-ethyl adjacent to an activating group) is 1. The molecular weight excluding hydrogens is 348 g/mol. The minimum Gasteiger partial charge on any atom is -0.458 e. The number of nitro groups is 1. The normalized spacial score (nSPS) is 12.3. The van der Waals surface area contributed by atoms with Gasteiger partial charge in [0.15, 0.2) is 0 Å². The third-order valence-electron chi connectivity index (χ3n) is 3.68. The molecular formula is C19H22N4O4. The Labute approximate surface area is 157 Å². The van der Waals surface area contributed by atoms with Gasteiger partial charge in [0.25, 0.3) is 0 Å². The maximum atomic E-state index is 12.1. The molecule has 1 atom stereocenters. The van der Waals surface area contributed by atoms with E-state index in [1.165, 1.54) is 17.0 Å². The molecule has 0 spiro atoms. The van der Waals surface area contributed by atoms with Crippen molar-refractivity contribution < 1.29 is 14.5 Å². The van der Waals surface area contributed by atoms with E-state index in [4.69, 9.17) is 4.74 Å². The van der Waals surface area contributed by atoms with Crippen molar-refractivity contribution in [1.29, 1.82) is 0 Å². The minimum absolute atomic E-state index is 0.158. The van der Waals surface area contributed by atoms with Gasteiger partial charge in [-0.25, -0.2) is 9.78 Å². The first-order valence-corrected chi connectivity index (χ1v) is 8.30. The first kappa shape index (κ1) is 20.1. The fourth-order valence-corrected chi connectivity index (χ4v) is 2.51. The molecule has 0 bridgehead atoms. The van der Waals surface area contributed by atoms with E-state index in [2.05, 4.69) is 11.6 Å². The van der Waals surface area contributed by atoms with Gasteiger partial charge in [0.2, 0.25) is 5.82 Å². The fourth-order valence-electron chi connectivity index (χ4n) is 2.51. The second kappa shape index (κ2) is 8.91. The Morgan fingerprint density at radius 2 is 2.04 bits per heavy atom. The second-order valence-electron chi connectivity index (χ2n) is 6.22. The number of esters is 1. The number of benzene rings is 1. The number of imidazole rings is 1. The quantitative estimate of drug-likeness (QED) is 0.403. The summed E-state index contributed by atoms with van der Waals surface area (Å²) in [4.78, 5) is 28.5. The molecule has 1 aromatic heterocycles. The predicted molar refractivity (Wildman–Crippen MR) is 104 cm³/mol. The van der Waals surface area contributed by atoms with E-state index in [0.717, 1.165) is 5.56 Å². The van der Waals surface area contributed by atoms with E-state index in [-0.39, 0.29) is 17.9 Å². The Bertz CT molecular complexity index is 853. The number of rotatable bonds is 8. The first-order valence-electron chi connectivity index (χ1n) is 8.30. The van der Waals surface area contributed by atoms with Gasteiger partial charge in [0.05, 0.1) is 11.8 Å². The Balaban J connectivity index is 2.07. The highest BCUT2D eigenvalue weighted by Crippen LogP contribution is 2.17. The molecule has 0 aliphatic rings. The molecule has 0 radical (unpaired) electrons. The zero-order valence-electron chi connectivity index (χ0n) is 15.5. The molecule has 0 N–H and O–H groups in total. The molecule has 0 amide bonds. The van der Waals surface area contributed by atoms with Crippen LogP contribution in [0, 0.1) is 10.1 Å². The molecule has 0 fully saturated rings. The molecule has 1 heterocycles. The van der Waals surface area contributed by atoms with Crippen molar-refractivity contribution in [3.8, 4) is 0 Å². The van der Waals surface area contributed by atoms with Crippen LogP contribution in [0.5, 0.6) is 0 Å². The molecule has 27 heavy (non-hydrogen) atoms. The van der Waals surface area contributed by atoms with Crippen molar-refractivity contribution in [2.24, 2.45) is 0 Å². The van der Waals surface area contributed by atoms with Gasteiger partial charge < -0.3 is 19.8 Å². The van der Waals surface area contributed by atoms with Crippen molar-refractivity contribution in [2.45, 2.75) is 13.0 Å². The monoisotopic (exact) mass is 370 g/mol. The van der Waals surface area contributed by atoms with Crippen LogP contribution < -0.4 is 0 Å². The molecule has 8 nitrogen and oxygen atoms in total. The number of ether oxygens (including phenoxy) is 1. The summed E-state index contributed by atoms with van der Waals surface area (Å²) in [6, 6.07) is 6.87. The molecule has 2 aromatic rings. The number of hydrogen-bond donors (Lipinski definition) is 0. The van der Waals surface area contributed by atoms with E-state index < -0.39 is 4.92 Å². The Morgan fingerprint density at radius 3 is 2.59 bits per heavy atom. The summed E-state index contributed by atoms with van der Waals surface area (Å²) in [6.45, 7) is 6.06. The predicted octanol–water partition coefficient (Wildman–Crippen LogP) is 3.17. The highest BCUT2D eigenvalue weighted by atomic mass is 16.6. The van der Waals surface area contributed by atoms with E-state index in [1.54, 1.807) is 36.4 Å². The average Bonchev–Trinajstić information content (AvgIpc) is 3.02. The van der Waals surface area contributed by atoms with Gasteiger partial charge in [-0.1, -0.05) is 18.7 Å². The maximum Gasteiger partial charge on any atom is 0.347 e. The molecule has 1 unspecified atom stereocenters. The van der Waals surface area contributed by atoms with Gasteiger partial charge in [-0.15, -0.1) is 0 Å². The number of aromatic nitrogens is 2. The topological polar surface area (TPSA) is 90.5 Å². The largest absolute Gasteiger partial charge is 0.458 e. The van der Waals surface area contributed by atoms with Crippen molar-refractivity contribution in [1.82, 2.24) is 14.5 Å². The minimum atomic E-state index is -0.524. The van der Waals surface area contributed by atoms with Crippen LogP contribution in [-0.2, 0) is 4.74 Å². The third-order valence-corrected chi connectivity index (χ3v) is 3.68. The second-order valence-corrected chi connectivity index (χ2v) is 6.22. The van der Waals surface area contributed by atoms with E-state index in [0.29, 0.717) is 17.9 Å². The lowest BCUT2D eigenvalue weighted by Crippen LogP contribution is -2.28. The van der Waals surface area contributed by atoms with Crippen LogP contribution in [0.1, 0.15) is 28.7 Å². The van der Waals surface area contributed by atoms with Crippen LogP contribution in [-0.4, -0.2) is 52.1 Å². The highest BCUT2D eigenvalue weighted by Gasteiger charge is 2.16. The molecule has 0 aliphatic heterocycles. The van der Waals surface area contributed by atoms with Crippen molar-refractivity contribution in [3.63, 3.8) is 0 Å². The van der Waals surface area contributed by atoms with E-state index >= 15 is 0 Å². The number of hydrogen-bond acceptors (Lipinski definition) is 6. The number of nitrogens with zero attached hydrogens (tertiary/aromatic N) is 4. The van der Waals surface area contributed by atoms with Gasteiger partial charge >= 0.3 is 11.8 Å². The van der Waals surface area contributed by atoms with Crippen molar-refractivity contribution in [2.75, 3.05) is 20.6 Å². The summed E-state index contributed by atoms with van der Waals surface area (Å²) < 4.78 is 6.67. The Kier molecular flexibility index (Phi) is 6.62. The standard InChI is InChI=1S/C19H22N4O4/c1-5-22-17(20-12-18(22)23(25)26)11-8-15-6-9-16(10-7-15)19(24)27-14(2)13-21(3)4/h5-12,14H,1,13H2,2-4H3. The van der Waals surface area contributed by atoms with Crippen LogP contribution in [0.3, 0.4) is 0 Å². The third kappa shape index (κ3) is 5.35. The van der Waals surface area contributed by atoms with Gasteiger partial charge in [-0.05, 0) is 49.7 Å². The molecule has 0 saturated carbocycles. The number of carbonyl (C=O) groups excluding carboxylic acids is 1. The van der Waals surface area contributed by atoms with Crippen molar-refractivity contribution in [3.05, 3.63) is 64.1 Å². The van der Waals surface area contributed by atoms with E-state index in [9.17, 15) is 14.9 Å². The van der Waals surface area contributed by atoms with Crippen LogP contribution in [0.4, 0.5) is 5.82 Å². The molecule has 2 rings (SSSR count). The SMILES string of the molecule is C=Cn1c([N+](=O)[O-])cnc1C=Cc1ccc(C(=O)OC(C)CN(C)C)cc1. The summed E-state index contributed by atoms with van der Waals surface area (Å²) in [5.41, 5.74) is 1.27. The summed E-state index contributed by atoms with van der Waals surface area (Å²) in [6.07, 6.45) is 5.69. The molecule has 1 aromatic carbocycles. The average molecular weight is 370 g/mol. The van der Waals surface area contributed by atoms with Crippen LogP contribution in [0.2, 0.25) is 0 Å². The lowest BCUT2D eigenvalue weighted by molar-refractivity contribution is -0.390. The Hall–Kier alpha value is -3.26. The Morgan fingerprint density at radius 1 is 1.37 bits per heavy atom. The highest BCUT2D eigenvalue weighted by molar-refractivity contribution is 5.89. The fraction of sp³-hybridized carbons (Fsp3) is 0.263. The van der Waals surface area contributed by atoms with Crippen LogP contribution in [0.15, 0.2) is 37.0 Å². The van der Waals surface area contributed by atoms with Gasteiger partial charge in [-0.3, -0.25) is 0 Å². The van der Waals surface area contributed by atoms with Gasteiger partial charge in [0, 0.05) is 12.6 Å². The maximum absolute atomic E-state index is 12.1. The molecule has 0 saturated heterocycles. The van der Waals surface area contributed by atoms with Crippen molar-refractivity contribution >= 4 is 30.1 Å². The first-order chi connectivity index (χ1) is 12.8. The molecule has 0 aliphatic carbocycles. The summed E-state index contributed by atoms with van der Waals surface area (Å²) >= 11 is 0. The summed E-state index contributed by atoms with van der Waals surface area (Å²) in [5.74, 6) is -0.148. The summed E-state index contributed by atoms with van der Waals surface area (Å²) in [7, 11) is 3.83. The lowest BCUT2D eigenvalue weighted by Gasteiger charge is -2.17. The smallest absolute Gasteiger partial charge is 0.347 e. The van der Waals surface area contributed by atoms with Gasteiger partial charge in [-0.2, -0.15) is 4.57 Å².